The summed E-state index contributed by atoms with van der Waals surface area (Å²) in [5, 5.41) is 10.2. The zero-order valence-corrected chi connectivity index (χ0v) is 13.9. The average molecular weight is 404 g/mol. The van der Waals surface area contributed by atoms with Crippen LogP contribution in [0.25, 0.3) is 0 Å². The molecule has 142 valence electrons. The summed E-state index contributed by atoms with van der Waals surface area (Å²) in [6.07, 6.45) is -5.77. The van der Waals surface area contributed by atoms with Gasteiger partial charge in [-0.25, -0.2) is 13.9 Å². The molecule has 0 bridgehead atoms. The van der Waals surface area contributed by atoms with Crippen LogP contribution in [0.3, 0.4) is 0 Å². The van der Waals surface area contributed by atoms with E-state index < -0.39 is 58.0 Å². The summed E-state index contributed by atoms with van der Waals surface area (Å²) in [7, 11) is -10.1. The molecule has 4 atom stereocenters. The van der Waals surface area contributed by atoms with Gasteiger partial charge in [0.2, 0.25) is 0 Å². The summed E-state index contributed by atoms with van der Waals surface area (Å²) < 4.78 is 36.3. The lowest BCUT2D eigenvalue weighted by atomic mass is 10.1. The number of ether oxygens (including phenoxy) is 1. The van der Waals surface area contributed by atoms with Gasteiger partial charge in [-0.3, -0.25) is 23.4 Å². The Morgan fingerprint density at radius 1 is 1.20 bits per heavy atom. The molecule has 0 spiro atoms. The van der Waals surface area contributed by atoms with Crippen molar-refractivity contribution < 1.29 is 47.6 Å². The highest BCUT2D eigenvalue weighted by Crippen LogP contribution is 2.45. The highest BCUT2D eigenvalue weighted by Gasteiger charge is 2.49. The summed E-state index contributed by atoms with van der Waals surface area (Å²) >= 11 is 0. The average Bonchev–Trinajstić information content (AvgIpc) is 2.72. The quantitative estimate of drug-likeness (QED) is 0.269. The third kappa shape index (κ3) is 5.39. The number of hydrogen-bond acceptors (Lipinski definition) is 8. The molecular formula is C9H14N2O12P2. The van der Waals surface area contributed by atoms with Crippen molar-refractivity contribution in [3.63, 3.8) is 0 Å². The molecule has 1 aromatic heterocycles. The highest BCUT2D eigenvalue weighted by molar-refractivity contribution is 7.46. The van der Waals surface area contributed by atoms with E-state index in [4.69, 9.17) is 24.3 Å². The summed E-state index contributed by atoms with van der Waals surface area (Å²) in [6.45, 7) is -0.902. The molecule has 0 aliphatic carbocycles. The van der Waals surface area contributed by atoms with Crippen LogP contribution in [-0.4, -0.2) is 59.2 Å². The normalized spacial score (nSPS) is 27.6. The van der Waals surface area contributed by atoms with E-state index in [1.54, 1.807) is 0 Å². The number of aromatic nitrogens is 2. The smallest absolute Gasteiger partial charge is 0.386 e. The molecule has 16 heteroatoms. The lowest BCUT2D eigenvalue weighted by molar-refractivity contribution is -0.0541. The Hall–Kier alpha value is -1.18. The minimum atomic E-state index is -5.13. The van der Waals surface area contributed by atoms with Crippen LogP contribution in [0.5, 0.6) is 0 Å². The minimum Gasteiger partial charge on any atom is -0.386 e. The maximum absolute atomic E-state index is 11.8. The van der Waals surface area contributed by atoms with Gasteiger partial charge in [0.1, 0.15) is 18.3 Å². The number of H-pyrrole nitrogens is 1. The van der Waals surface area contributed by atoms with Crippen molar-refractivity contribution in [3.05, 3.63) is 33.1 Å². The van der Waals surface area contributed by atoms with Gasteiger partial charge in [0.05, 0.1) is 6.61 Å². The fraction of sp³-hybridized carbons (Fsp3) is 0.556. The summed E-state index contributed by atoms with van der Waals surface area (Å²) in [6, 6.07) is 0.926. The number of nitrogens with one attached hydrogen (secondary N) is 1. The van der Waals surface area contributed by atoms with Crippen LogP contribution in [0.15, 0.2) is 21.9 Å². The number of aliphatic hydroxyl groups is 1. The molecule has 14 nitrogen and oxygen atoms in total. The largest absolute Gasteiger partial charge is 0.470 e. The van der Waals surface area contributed by atoms with Crippen molar-refractivity contribution in [2.45, 2.75) is 24.5 Å². The van der Waals surface area contributed by atoms with E-state index in [2.05, 4.69) is 9.05 Å². The van der Waals surface area contributed by atoms with E-state index in [0.29, 0.717) is 4.57 Å². The van der Waals surface area contributed by atoms with Gasteiger partial charge in [0.25, 0.3) is 5.56 Å². The standard InChI is InChI=1S/C9H14N2O12P2/c12-5-1-2-11(9(14)10-5)8-6(13)7(23-25(18,19)20)4(22-8)3-21-24(15,16)17/h1-2,4,6-8,13H,3H2,(H,10,12,14)(H2,15,16,17)(H2,18,19,20). The van der Waals surface area contributed by atoms with Crippen LogP contribution in [0.1, 0.15) is 6.23 Å². The van der Waals surface area contributed by atoms with Gasteiger partial charge < -0.3 is 29.4 Å². The van der Waals surface area contributed by atoms with E-state index >= 15 is 0 Å². The predicted octanol–water partition coefficient (Wildman–Crippen LogP) is -2.62. The van der Waals surface area contributed by atoms with E-state index in [1.165, 1.54) is 0 Å². The topological polar surface area (TPSA) is 218 Å². The monoisotopic (exact) mass is 404 g/mol. The van der Waals surface area contributed by atoms with Gasteiger partial charge in [-0.05, 0) is 0 Å². The molecule has 1 saturated heterocycles. The van der Waals surface area contributed by atoms with Gasteiger partial charge in [-0.15, -0.1) is 0 Å². The van der Waals surface area contributed by atoms with Crippen LogP contribution >= 0.6 is 15.6 Å². The first kappa shape index (κ1) is 20.1. The molecule has 2 heterocycles. The second-order valence-corrected chi connectivity index (χ2v) is 7.35. The zero-order chi connectivity index (χ0) is 19.0. The first-order valence-corrected chi connectivity index (χ1v) is 9.52. The molecule has 0 saturated carbocycles. The fourth-order valence-corrected chi connectivity index (χ4v) is 3.09. The van der Waals surface area contributed by atoms with Crippen LogP contribution in [0, 0.1) is 0 Å². The highest BCUT2D eigenvalue weighted by atomic mass is 31.2. The Kier molecular flexibility index (Phi) is 5.81. The number of aromatic amines is 1. The van der Waals surface area contributed by atoms with Crippen molar-refractivity contribution in [2.75, 3.05) is 6.61 Å². The molecule has 6 N–H and O–H groups in total. The predicted molar refractivity (Wildman–Crippen MR) is 76.2 cm³/mol. The maximum Gasteiger partial charge on any atom is 0.470 e. The number of rotatable bonds is 6. The van der Waals surface area contributed by atoms with Crippen LogP contribution in [0.2, 0.25) is 0 Å². The van der Waals surface area contributed by atoms with Crippen molar-refractivity contribution in [2.24, 2.45) is 0 Å². The van der Waals surface area contributed by atoms with E-state index in [-0.39, 0.29) is 0 Å². The van der Waals surface area contributed by atoms with Crippen LogP contribution in [0.4, 0.5) is 0 Å². The third-order valence-corrected chi connectivity index (χ3v) is 4.10. The Bertz CT molecular complexity index is 822. The van der Waals surface area contributed by atoms with Crippen molar-refractivity contribution in [3.8, 4) is 0 Å². The molecule has 25 heavy (non-hydrogen) atoms. The van der Waals surface area contributed by atoms with Crippen molar-refractivity contribution in [1.29, 1.82) is 0 Å². The van der Waals surface area contributed by atoms with Crippen molar-refractivity contribution >= 4 is 15.6 Å². The van der Waals surface area contributed by atoms with E-state index in [9.17, 15) is 23.8 Å². The number of hydrogen-bond donors (Lipinski definition) is 6. The van der Waals surface area contributed by atoms with Gasteiger partial charge in [0, 0.05) is 12.3 Å². The van der Waals surface area contributed by atoms with E-state index in [0.717, 1.165) is 12.3 Å². The van der Waals surface area contributed by atoms with Crippen LogP contribution in [-0.2, 0) is 22.9 Å². The van der Waals surface area contributed by atoms with Crippen LogP contribution < -0.4 is 11.2 Å². The summed E-state index contributed by atoms with van der Waals surface area (Å²) in [5.74, 6) is 0. The lowest BCUT2D eigenvalue weighted by Gasteiger charge is -2.20. The number of aliphatic hydroxyl groups excluding tert-OH is 1. The zero-order valence-electron chi connectivity index (χ0n) is 12.1. The second-order valence-electron chi connectivity index (χ2n) is 4.92. The Morgan fingerprint density at radius 3 is 2.36 bits per heavy atom. The first-order chi connectivity index (χ1) is 11.4. The van der Waals surface area contributed by atoms with Gasteiger partial charge in [-0.2, -0.15) is 0 Å². The third-order valence-electron chi connectivity index (χ3n) is 3.10. The molecule has 1 aliphatic rings. The molecule has 0 radical (unpaired) electrons. The molecule has 0 aromatic carbocycles. The van der Waals surface area contributed by atoms with Gasteiger partial charge in [0.15, 0.2) is 6.23 Å². The Balaban J connectivity index is 2.31. The van der Waals surface area contributed by atoms with E-state index in [1.807, 2.05) is 4.98 Å². The number of nitrogens with zero attached hydrogens (tertiary/aromatic N) is 1. The molecule has 0 amide bonds. The number of phosphoric acid groups is 2. The second kappa shape index (κ2) is 7.21. The Morgan fingerprint density at radius 2 is 1.84 bits per heavy atom. The van der Waals surface area contributed by atoms with Gasteiger partial charge in [-0.1, -0.05) is 0 Å². The SMILES string of the molecule is O=c1ccn(C2OC(COP(=O)(O)O)C(OP(=O)(O)O)C2O)c(=O)[nH]1. The Labute approximate surface area is 138 Å². The van der Waals surface area contributed by atoms with Crippen molar-refractivity contribution in [1.82, 2.24) is 9.55 Å². The molecule has 1 fully saturated rings. The molecule has 1 aromatic rings. The molecule has 2 rings (SSSR count). The lowest BCUT2D eigenvalue weighted by Crippen LogP contribution is -2.38. The summed E-state index contributed by atoms with van der Waals surface area (Å²) in [5.41, 5.74) is -1.74. The fourth-order valence-electron chi connectivity index (χ4n) is 2.17. The molecule has 4 unspecified atom stereocenters. The summed E-state index contributed by atoms with van der Waals surface area (Å²) in [4.78, 5) is 59.9. The maximum atomic E-state index is 11.8. The molecular weight excluding hydrogens is 390 g/mol. The van der Waals surface area contributed by atoms with Gasteiger partial charge >= 0.3 is 21.3 Å². The first-order valence-electron chi connectivity index (χ1n) is 6.46. The minimum absolute atomic E-state index is 0.708. The molecule has 1 aliphatic heterocycles. The number of phosphoric ester groups is 2.